The SMILES string of the molecule is O=C1NCCN1CCCCCCN1CCC(c2cn(-c3ccc(F)cc3)c3ccc(Cl)cc23)CC1. The highest BCUT2D eigenvalue weighted by Crippen LogP contribution is 2.37. The summed E-state index contributed by atoms with van der Waals surface area (Å²) in [7, 11) is 0. The van der Waals surface area contributed by atoms with Crippen LogP contribution >= 0.6 is 11.6 Å². The lowest BCUT2D eigenvalue weighted by atomic mass is 9.89. The molecule has 0 spiro atoms. The van der Waals surface area contributed by atoms with Crippen molar-refractivity contribution in [2.24, 2.45) is 0 Å². The number of amides is 2. The normalized spacial score (nSPS) is 17.4. The van der Waals surface area contributed by atoms with Gasteiger partial charge in [0, 0.05) is 41.9 Å². The molecule has 186 valence electrons. The lowest BCUT2D eigenvalue weighted by Gasteiger charge is -2.32. The maximum absolute atomic E-state index is 13.5. The molecule has 2 aliphatic heterocycles. The maximum atomic E-state index is 13.5. The minimum atomic E-state index is -0.222. The molecule has 0 bridgehead atoms. The van der Waals surface area contributed by atoms with E-state index in [9.17, 15) is 9.18 Å². The first-order chi connectivity index (χ1) is 17.1. The molecular weight excluding hydrogens is 463 g/mol. The van der Waals surface area contributed by atoms with Gasteiger partial charge in [0.1, 0.15) is 5.82 Å². The topological polar surface area (TPSA) is 40.5 Å². The van der Waals surface area contributed by atoms with Gasteiger partial charge >= 0.3 is 6.03 Å². The number of likely N-dealkylation sites (tertiary alicyclic amines) is 1. The Balaban J connectivity index is 1.14. The van der Waals surface area contributed by atoms with Crippen LogP contribution in [0.25, 0.3) is 16.6 Å². The molecule has 2 aliphatic rings. The van der Waals surface area contributed by atoms with Crippen LogP contribution in [-0.4, -0.2) is 59.7 Å². The van der Waals surface area contributed by atoms with Gasteiger partial charge in [-0.05, 0) is 99.3 Å². The van der Waals surface area contributed by atoms with Gasteiger partial charge in [0.05, 0.1) is 5.52 Å². The van der Waals surface area contributed by atoms with Crippen molar-refractivity contribution in [2.45, 2.75) is 44.4 Å². The Labute approximate surface area is 211 Å². The zero-order chi connectivity index (χ0) is 24.2. The summed E-state index contributed by atoms with van der Waals surface area (Å²) in [4.78, 5) is 16.1. The van der Waals surface area contributed by atoms with Gasteiger partial charge in [-0.3, -0.25) is 0 Å². The maximum Gasteiger partial charge on any atom is 0.317 e. The highest BCUT2D eigenvalue weighted by atomic mass is 35.5. The molecule has 1 aromatic heterocycles. The van der Waals surface area contributed by atoms with E-state index in [2.05, 4.69) is 33.1 Å². The van der Waals surface area contributed by atoms with Crippen molar-refractivity contribution in [3.05, 3.63) is 65.1 Å². The number of halogens is 2. The molecule has 5 rings (SSSR count). The van der Waals surface area contributed by atoms with Gasteiger partial charge in [0.2, 0.25) is 0 Å². The molecule has 3 heterocycles. The largest absolute Gasteiger partial charge is 0.336 e. The van der Waals surface area contributed by atoms with Crippen LogP contribution in [0.2, 0.25) is 5.02 Å². The van der Waals surface area contributed by atoms with Crippen LogP contribution in [0.5, 0.6) is 0 Å². The number of hydrogen-bond acceptors (Lipinski definition) is 2. The van der Waals surface area contributed by atoms with Crippen LogP contribution in [0.3, 0.4) is 0 Å². The van der Waals surface area contributed by atoms with Crippen molar-refractivity contribution < 1.29 is 9.18 Å². The Hall–Kier alpha value is -2.57. The fourth-order valence-corrected chi connectivity index (χ4v) is 5.72. The van der Waals surface area contributed by atoms with Crippen LogP contribution in [0, 0.1) is 5.82 Å². The Kier molecular flexibility index (Phi) is 7.59. The number of unbranched alkanes of at least 4 members (excludes halogenated alkanes) is 3. The molecule has 2 aromatic carbocycles. The Morgan fingerprint density at radius 1 is 0.943 bits per heavy atom. The molecule has 0 radical (unpaired) electrons. The molecule has 7 heteroatoms. The summed E-state index contributed by atoms with van der Waals surface area (Å²) in [5.41, 5.74) is 3.43. The summed E-state index contributed by atoms with van der Waals surface area (Å²) < 4.78 is 15.6. The zero-order valence-electron chi connectivity index (χ0n) is 20.2. The highest BCUT2D eigenvalue weighted by Gasteiger charge is 2.24. The molecule has 0 atom stereocenters. The first-order valence-electron chi connectivity index (χ1n) is 12.9. The standard InChI is InChI=1S/C28H34ClFN4O/c29-22-5-10-27-25(19-22)26(20-34(27)24-8-6-23(30)7-9-24)21-11-16-32(17-12-21)14-3-1-2-4-15-33-18-13-31-28(33)35/h5-10,19-21H,1-4,11-18H2,(H,31,35). The second-order valence-corrected chi connectivity index (χ2v) is 10.3. The van der Waals surface area contributed by atoms with Gasteiger partial charge in [-0.25, -0.2) is 9.18 Å². The molecule has 35 heavy (non-hydrogen) atoms. The van der Waals surface area contributed by atoms with E-state index in [-0.39, 0.29) is 11.8 Å². The van der Waals surface area contributed by atoms with E-state index in [1.165, 1.54) is 42.3 Å². The molecule has 2 amide bonds. The van der Waals surface area contributed by atoms with Crippen LogP contribution in [0.1, 0.15) is 50.0 Å². The van der Waals surface area contributed by atoms with Crippen LogP contribution < -0.4 is 5.32 Å². The third-order valence-electron chi connectivity index (χ3n) is 7.53. The Bertz CT molecular complexity index is 1150. The highest BCUT2D eigenvalue weighted by molar-refractivity contribution is 6.31. The summed E-state index contributed by atoms with van der Waals surface area (Å²) in [5, 5.41) is 4.81. The number of nitrogens with zero attached hydrogens (tertiary/aromatic N) is 3. The van der Waals surface area contributed by atoms with Crippen molar-refractivity contribution in [1.82, 2.24) is 19.7 Å². The third kappa shape index (κ3) is 5.65. The van der Waals surface area contributed by atoms with E-state index in [0.717, 1.165) is 74.8 Å². The summed E-state index contributed by atoms with van der Waals surface area (Å²) in [6, 6.07) is 12.8. The molecule has 3 aromatic rings. The van der Waals surface area contributed by atoms with E-state index >= 15 is 0 Å². The molecule has 0 aliphatic carbocycles. The summed E-state index contributed by atoms with van der Waals surface area (Å²) in [5.74, 6) is 0.278. The van der Waals surface area contributed by atoms with Crippen molar-refractivity contribution in [3.63, 3.8) is 0 Å². The molecule has 2 saturated heterocycles. The number of hydrogen-bond donors (Lipinski definition) is 1. The van der Waals surface area contributed by atoms with Gasteiger partial charge in [0.15, 0.2) is 0 Å². The van der Waals surface area contributed by atoms with Crippen molar-refractivity contribution in [1.29, 1.82) is 0 Å². The van der Waals surface area contributed by atoms with Gasteiger partial charge in [-0.2, -0.15) is 0 Å². The average molecular weight is 497 g/mol. The second kappa shape index (κ2) is 11.0. The smallest absolute Gasteiger partial charge is 0.317 e. The van der Waals surface area contributed by atoms with Gasteiger partial charge in [-0.15, -0.1) is 0 Å². The van der Waals surface area contributed by atoms with E-state index in [0.29, 0.717) is 5.92 Å². The number of benzene rings is 2. The van der Waals surface area contributed by atoms with E-state index < -0.39 is 0 Å². The average Bonchev–Trinajstić information content (AvgIpc) is 3.45. The lowest BCUT2D eigenvalue weighted by Crippen LogP contribution is -2.33. The molecule has 0 saturated carbocycles. The first-order valence-corrected chi connectivity index (χ1v) is 13.3. The number of aromatic nitrogens is 1. The second-order valence-electron chi connectivity index (χ2n) is 9.84. The Morgan fingerprint density at radius 3 is 2.40 bits per heavy atom. The minimum Gasteiger partial charge on any atom is -0.336 e. The summed E-state index contributed by atoms with van der Waals surface area (Å²) in [6.45, 7) is 5.90. The van der Waals surface area contributed by atoms with E-state index in [4.69, 9.17) is 11.6 Å². The number of fused-ring (bicyclic) bond motifs is 1. The number of nitrogens with one attached hydrogen (secondary N) is 1. The molecule has 5 nitrogen and oxygen atoms in total. The number of carbonyl (C=O) groups excluding carboxylic acids is 1. The minimum absolute atomic E-state index is 0.0935. The zero-order valence-corrected chi connectivity index (χ0v) is 20.9. The van der Waals surface area contributed by atoms with Gasteiger partial charge in [-0.1, -0.05) is 24.4 Å². The quantitative estimate of drug-likeness (QED) is 0.359. The lowest BCUT2D eigenvalue weighted by molar-refractivity contribution is 0.207. The number of urea groups is 1. The van der Waals surface area contributed by atoms with Crippen molar-refractivity contribution in [3.8, 4) is 5.69 Å². The molecular formula is C28H34ClFN4O. The third-order valence-corrected chi connectivity index (χ3v) is 7.76. The summed E-state index contributed by atoms with van der Waals surface area (Å²) >= 11 is 6.38. The predicted molar refractivity (Wildman–Crippen MR) is 140 cm³/mol. The van der Waals surface area contributed by atoms with Crippen molar-refractivity contribution in [2.75, 3.05) is 39.3 Å². The van der Waals surface area contributed by atoms with E-state index in [1.54, 1.807) is 0 Å². The fourth-order valence-electron chi connectivity index (χ4n) is 5.55. The predicted octanol–water partition coefficient (Wildman–Crippen LogP) is 6.19. The monoisotopic (exact) mass is 496 g/mol. The van der Waals surface area contributed by atoms with Crippen LogP contribution in [0.4, 0.5) is 9.18 Å². The first kappa shape index (κ1) is 24.1. The molecule has 1 N–H and O–H groups in total. The molecule has 0 unspecified atom stereocenters. The van der Waals surface area contributed by atoms with E-state index in [1.807, 2.05) is 23.1 Å². The number of carbonyl (C=O) groups is 1. The fraction of sp³-hybridized carbons (Fsp3) is 0.464. The van der Waals surface area contributed by atoms with Gasteiger partial charge < -0.3 is 19.7 Å². The Morgan fingerprint density at radius 2 is 1.69 bits per heavy atom. The van der Waals surface area contributed by atoms with Crippen molar-refractivity contribution >= 4 is 28.5 Å². The van der Waals surface area contributed by atoms with Crippen LogP contribution in [-0.2, 0) is 0 Å². The number of piperidine rings is 1. The number of rotatable bonds is 9. The molecule has 2 fully saturated rings. The summed E-state index contributed by atoms with van der Waals surface area (Å²) in [6.07, 6.45) is 9.23. The van der Waals surface area contributed by atoms with Gasteiger partial charge in [0.25, 0.3) is 0 Å². The van der Waals surface area contributed by atoms with Crippen LogP contribution in [0.15, 0.2) is 48.7 Å².